The third-order valence-electron chi connectivity index (χ3n) is 4.48. The molecule has 5 nitrogen and oxygen atoms in total. The molecule has 3 N–H and O–H groups in total. The van der Waals surface area contributed by atoms with Gasteiger partial charge in [0.15, 0.2) is 0 Å². The molecule has 108 valence electrons. The molecule has 0 radical (unpaired) electrons. The fourth-order valence-electron chi connectivity index (χ4n) is 3.30. The number of fused-ring (bicyclic) bond motifs is 1. The molecular weight excluding hydrogens is 254 g/mol. The Balaban J connectivity index is 1.56. The highest BCUT2D eigenvalue weighted by Crippen LogP contribution is 2.31. The van der Waals surface area contributed by atoms with Crippen molar-refractivity contribution >= 4 is 5.69 Å². The zero-order chi connectivity index (χ0) is 13.6. The summed E-state index contributed by atoms with van der Waals surface area (Å²) >= 11 is 0. The second-order valence-corrected chi connectivity index (χ2v) is 6.19. The molecule has 3 heterocycles. The standard InChI is InChI=1S/C15H21N3O2/c16-12-5-11-1-2-13(6-14(11)20-7-12)18-4-3-17-15(8-18)9-19-10-15/h1-2,6,12,17H,3-5,7-10,16H2. The lowest BCUT2D eigenvalue weighted by atomic mass is 9.94. The molecule has 20 heavy (non-hydrogen) atoms. The average Bonchev–Trinajstić information content (AvgIpc) is 2.45. The fraction of sp³-hybridized carbons (Fsp3) is 0.600. The Morgan fingerprint density at radius 3 is 3.05 bits per heavy atom. The molecule has 0 aliphatic carbocycles. The van der Waals surface area contributed by atoms with E-state index in [2.05, 4.69) is 28.4 Å². The first-order valence-electron chi connectivity index (χ1n) is 7.33. The summed E-state index contributed by atoms with van der Waals surface area (Å²) in [4.78, 5) is 2.43. The van der Waals surface area contributed by atoms with Crippen molar-refractivity contribution in [3.05, 3.63) is 23.8 Å². The smallest absolute Gasteiger partial charge is 0.124 e. The summed E-state index contributed by atoms with van der Waals surface area (Å²) in [7, 11) is 0. The van der Waals surface area contributed by atoms with E-state index in [0.717, 1.165) is 45.0 Å². The maximum Gasteiger partial charge on any atom is 0.124 e. The van der Waals surface area contributed by atoms with Crippen LogP contribution in [0.3, 0.4) is 0 Å². The van der Waals surface area contributed by atoms with E-state index >= 15 is 0 Å². The lowest BCUT2D eigenvalue weighted by molar-refractivity contribution is -0.0742. The van der Waals surface area contributed by atoms with Crippen LogP contribution in [0.25, 0.3) is 0 Å². The number of nitrogens with one attached hydrogen (secondary N) is 1. The van der Waals surface area contributed by atoms with Crippen LogP contribution in [0.15, 0.2) is 18.2 Å². The number of ether oxygens (including phenoxy) is 2. The van der Waals surface area contributed by atoms with Crippen LogP contribution in [0.5, 0.6) is 5.75 Å². The molecule has 3 aliphatic heterocycles. The Morgan fingerprint density at radius 1 is 1.35 bits per heavy atom. The van der Waals surface area contributed by atoms with Gasteiger partial charge in [-0.1, -0.05) is 6.07 Å². The van der Waals surface area contributed by atoms with Crippen molar-refractivity contribution in [2.75, 3.05) is 44.4 Å². The van der Waals surface area contributed by atoms with E-state index in [0.29, 0.717) is 6.61 Å². The molecule has 1 unspecified atom stereocenters. The molecule has 0 aromatic heterocycles. The molecule has 1 spiro atoms. The number of anilines is 1. The summed E-state index contributed by atoms with van der Waals surface area (Å²) in [5, 5.41) is 3.59. The number of hydrogen-bond donors (Lipinski definition) is 2. The summed E-state index contributed by atoms with van der Waals surface area (Å²) in [6, 6.07) is 6.65. The number of piperazine rings is 1. The fourth-order valence-corrected chi connectivity index (χ4v) is 3.30. The van der Waals surface area contributed by atoms with Crippen LogP contribution in [0.1, 0.15) is 5.56 Å². The lowest BCUT2D eigenvalue weighted by Crippen LogP contribution is -2.70. The monoisotopic (exact) mass is 275 g/mol. The van der Waals surface area contributed by atoms with Gasteiger partial charge in [0.1, 0.15) is 12.4 Å². The minimum atomic E-state index is 0.128. The van der Waals surface area contributed by atoms with Crippen molar-refractivity contribution in [1.29, 1.82) is 0 Å². The van der Waals surface area contributed by atoms with E-state index in [-0.39, 0.29) is 11.6 Å². The molecule has 0 amide bonds. The van der Waals surface area contributed by atoms with Gasteiger partial charge in [-0.3, -0.25) is 0 Å². The highest BCUT2D eigenvalue weighted by Gasteiger charge is 2.42. The second-order valence-electron chi connectivity index (χ2n) is 6.19. The predicted molar refractivity (Wildman–Crippen MR) is 77.4 cm³/mol. The Labute approximate surface area is 119 Å². The van der Waals surface area contributed by atoms with Crippen molar-refractivity contribution in [2.24, 2.45) is 5.73 Å². The van der Waals surface area contributed by atoms with Crippen LogP contribution in [0.2, 0.25) is 0 Å². The molecule has 1 aromatic rings. The molecule has 1 atom stereocenters. The summed E-state index contributed by atoms with van der Waals surface area (Å²) in [6.45, 7) is 5.30. The van der Waals surface area contributed by atoms with Crippen molar-refractivity contribution in [1.82, 2.24) is 5.32 Å². The van der Waals surface area contributed by atoms with E-state index in [9.17, 15) is 0 Å². The molecule has 5 heteroatoms. The Hall–Kier alpha value is -1.30. The SMILES string of the molecule is NC1COc2cc(N3CCNC4(COC4)C3)ccc2C1. The summed E-state index contributed by atoms with van der Waals surface area (Å²) < 4.78 is 11.1. The van der Waals surface area contributed by atoms with Crippen molar-refractivity contribution in [2.45, 2.75) is 18.0 Å². The minimum Gasteiger partial charge on any atom is -0.492 e. The molecule has 0 bridgehead atoms. The van der Waals surface area contributed by atoms with Crippen molar-refractivity contribution in [3.63, 3.8) is 0 Å². The van der Waals surface area contributed by atoms with Gasteiger partial charge in [0, 0.05) is 37.4 Å². The predicted octanol–water partition coefficient (Wildman–Crippen LogP) is 0.127. The van der Waals surface area contributed by atoms with Crippen LogP contribution < -0.4 is 20.7 Å². The van der Waals surface area contributed by atoms with E-state index in [1.807, 2.05) is 0 Å². The number of nitrogens with two attached hydrogens (primary N) is 1. The van der Waals surface area contributed by atoms with Crippen LogP contribution in [0, 0.1) is 0 Å². The first kappa shape index (κ1) is 12.4. The summed E-state index contributed by atoms with van der Waals surface area (Å²) in [6.07, 6.45) is 0.912. The summed E-state index contributed by atoms with van der Waals surface area (Å²) in [5.41, 5.74) is 8.57. The van der Waals surface area contributed by atoms with Crippen LogP contribution in [-0.2, 0) is 11.2 Å². The average molecular weight is 275 g/mol. The van der Waals surface area contributed by atoms with Gasteiger partial charge in [-0.2, -0.15) is 0 Å². The van der Waals surface area contributed by atoms with E-state index < -0.39 is 0 Å². The highest BCUT2D eigenvalue weighted by molar-refractivity contribution is 5.55. The molecule has 2 fully saturated rings. The second kappa shape index (κ2) is 4.62. The van der Waals surface area contributed by atoms with Gasteiger partial charge in [0.25, 0.3) is 0 Å². The first-order chi connectivity index (χ1) is 9.74. The Kier molecular flexibility index (Phi) is 2.87. The van der Waals surface area contributed by atoms with E-state index in [1.54, 1.807) is 0 Å². The van der Waals surface area contributed by atoms with E-state index in [1.165, 1.54) is 11.3 Å². The third kappa shape index (κ3) is 2.06. The molecule has 1 aromatic carbocycles. The number of hydrogen-bond acceptors (Lipinski definition) is 5. The topological polar surface area (TPSA) is 59.8 Å². The molecule has 3 aliphatic rings. The zero-order valence-corrected chi connectivity index (χ0v) is 11.6. The normalized spacial score (nSPS) is 27.6. The van der Waals surface area contributed by atoms with Gasteiger partial charge in [-0.25, -0.2) is 0 Å². The number of rotatable bonds is 1. The summed E-state index contributed by atoms with van der Waals surface area (Å²) in [5.74, 6) is 1.00. The van der Waals surface area contributed by atoms with Crippen LogP contribution >= 0.6 is 0 Å². The van der Waals surface area contributed by atoms with Crippen LogP contribution in [0.4, 0.5) is 5.69 Å². The molecule has 2 saturated heterocycles. The van der Waals surface area contributed by atoms with Gasteiger partial charge in [-0.15, -0.1) is 0 Å². The minimum absolute atomic E-state index is 0.128. The van der Waals surface area contributed by atoms with Crippen molar-refractivity contribution < 1.29 is 9.47 Å². The van der Waals surface area contributed by atoms with Crippen LogP contribution in [-0.4, -0.2) is 51.0 Å². The maximum absolute atomic E-state index is 5.93. The van der Waals surface area contributed by atoms with Gasteiger partial charge >= 0.3 is 0 Å². The quantitative estimate of drug-likeness (QED) is 0.763. The van der Waals surface area contributed by atoms with Gasteiger partial charge in [0.05, 0.1) is 18.8 Å². The Bertz CT molecular complexity index is 516. The third-order valence-corrected chi connectivity index (χ3v) is 4.48. The molecular formula is C15H21N3O2. The lowest BCUT2D eigenvalue weighted by Gasteiger charge is -2.49. The van der Waals surface area contributed by atoms with E-state index in [4.69, 9.17) is 15.2 Å². The number of nitrogens with zero attached hydrogens (tertiary/aromatic N) is 1. The maximum atomic E-state index is 5.93. The Morgan fingerprint density at radius 2 is 2.25 bits per heavy atom. The molecule has 0 saturated carbocycles. The van der Waals surface area contributed by atoms with Gasteiger partial charge in [0.2, 0.25) is 0 Å². The molecule has 4 rings (SSSR count). The van der Waals surface area contributed by atoms with Gasteiger partial charge < -0.3 is 25.4 Å². The largest absolute Gasteiger partial charge is 0.492 e. The number of benzene rings is 1. The highest BCUT2D eigenvalue weighted by atomic mass is 16.5. The zero-order valence-electron chi connectivity index (χ0n) is 11.6. The first-order valence-corrected chi connectivity index (χ1v) is 7.33. The van der Waals surface area contributed by atoms with Crippen molar-refractivity contribution in [3.8, 4) is 5.75 Å². The van der Waals surface area contributed by atoms with Gasteiger partial charge in [-0.05, 0) is 18.1 Å².